The molecule has 0 fully saturated rings. The van der Waals surface area contributed by atoms with Crippen molar-refractivity contribution in [1.82, 2.24) is 19.7 Å². The number of nitrogens with two attached hydrogens (primary N) is 1. The van der Waals surface area contributed by atoms with E-state index in [2.05, 4.69) is 15.1 Å². The van der Waals surface area contributed by atoms with Crippen molar-refractivity contribution >= 4 is 5.82 Å². The number of anilines is 1. The number of nitrogens with zero attached hydrogens (tertiary/aromatic N) is 4. The normalized spacial score (nSPS) is 10.5. The Kier molecular flexibility index (Phi) is 2.37. The second kappa shape index (κ2) is 3.68. The molecule has 78 valence electrons. The predicted octanol–water partition coefficient (Wildman–Crippen LogP) is 0.920. The fourth-order valence-electron chi connectivity index (χ4n) is 1.44. The first kappa shape index (κ1) is 9.64. The SMILES string of the molecule is Cc1cc(N)n(Cc2ccnc(C)n2)n1. The number of aryl methyl sites for hydroxylation is 2. The molecule has 0 aliphatic rings. The van der Waals surface area contributed by atoms with Gasteiger partial charge in [0.1, 0.15) is 11.6 Å². The zero-order valence-electron chi connectivity index (χ0n) is 8.81. The first-order chi connectivity index (χ1) is 7.15. The lowest BCUT2D eigenvalue weighted by atomic mass is 10.4. The number of hydrogen-bond acceptors (Lipinski definition) is 4. The molecular formula is C10H13N5. The van der Waals surface area contributed by atoms with Crippen molar-refractivity contribution in [1.29, 1.82) is 0 Å². The van der Waals surface area contributed by atoms with Crippen LogP contribution in [-0.2, 0) is 6.54 Å². The molecule has 2 rings (SSSR count). The van der Waals surface area contributed by atoms with Crippen LogP contribution in [0.4, 0.5) is 5.82 Å². The largest absolute Gasteiger partial charge is 0.384 e. The van der Waals surface area contributed by atoms with Crippen molar-refractivity contribution in [2.75, 3.05) is 5.73 Å². The second-order valence-electron chi connectivity index (χ2n) is 3.46. The van der Waals surface area contributed by atoms with Crippen LogP contribution in [0.25, 0.3) is 0 Å². The minimum absolute atomic E-state index is 0.586. The van der Waals surface area contributed by atoms with E-state index in [1.54, 1.807) is 10.9 Å². The lowest BCUT2D eigenvalue weighted by Gasteiger charge is -2.03. The monoisotopic (exact) mass is 203 g/mol. The van der Waals surface area contributed by atoms with Gasteiger partial charge in [0, 0.05) is 12.3 Å². The molecule has 2 aromatic heterocycles. The summed E-state index contributed by atoms with van der Waals surface area (Å²) >= 11 is 0. The van der Waals surface area contributed by atoms with Crippen LogP contribution in [0.1, 0.15) is 17.2 Å². The van der Waals surface area contributed by atoms with E-state index >= 15 is 0 Å². The Morgan fingerprint density at radius 3 is 2.80 bits per heavy atom. The lowest BCUT2D eigenvalue weighted by molar-refractivity contribution is 0.671. The molecular weight excluding hydrogens is 190 g/mol. The van der Waals surface area contributed by atoms with Gasteiger partial charge < -0.3 is 5.73 Å². The highest BCUT2D eigenvalue weighted by atomic mass is 15.3. The lowest BCUT2D eigenvalue weighted by Crippen LogP contribution is -2.08. The Morgan fingerprint density at radius 2 is 2.20 bits per heavy atom. The van der Waals surface area contributed by atoms with E-state index in [4.69, 9.17) is 5.73 Å². The van der Waals surface area contributed by atoms with Gasteiger partial charge in [-0.05, 0) is 19.9 Å². The van der Waals surface area contributed by atoms with Gasteiger partial charge in [0.2, 0.25) is 0 Å². The van der Waals surface area contributed by atoms with Gasteiger partial charge in [0.25, 0.3) is 0 Å². The molecule has 0 aliphatic carbocycles. The molecule has 0 saturated heterocycles. The Balaban J connectivity index is 2.25. The van der Waals surface area contributed by atoms with Crippen molar-refractivity contribution in [3.8, 4) is 0 Å². The summed E-state index contributed by atoms with van der Waals surface area (Å²) in [6, 6.07) is 3.71. The van der Waals surface area contributed by atoms with Crippen LogP contribution >= 0.6 is 0 Å². The van der Waals surface area contributed by atoms with Crippen molar-refractivity contribution in [3.05, 3.63) is 35.5 Å². The Labute approximate surface area is 88.0 Å². The molecule has 2 N–H and O–H groups in total. The summed E-state index contributed by atoms with van der Waals surface area (Å²) in [6.07, 6.45) is 1.74. The smallest absolute Gasteiger partial charge is 0.125 e. The third-order valence-electron chi connectivity index (χ3n) is 2.08. The van der Waals surface area contributed by atoms with Crippen molar-refractivity contribution < 1.29 is 0 Å². The zero-order chi connectivity index (χ0) is 10.8. The summed E-state index contributed by atoms with van der Waals surface area (Å²) < 4.78 is 1.73. The number of nitrogen functional groups attached to an aromatic ring is 1. The first-order valence-corrected chi connectivity index (χ1v) is 4.73. The Morgan fingerprint density at radius 1 is 1.40 bits per heavy atom. The molecule has 0 aromatic carbocycles. The van der Waals surface area contributed by atoms with E-state index in [-0.39, 0.29) is 0 Å². The second-order valence-corrected chi connectivity index (χ2v) is 3.46. The maximum Gasteiger partial charge on any atom is 0.125 e. The fourth-order valence-corrected chi connectivity index (χ4v) is 1.44. The summed E-state index contributed by atoms with van der Waals surface area (Å²) in [6.45, 7) is 4.36. The van der Waals surface area contributed by atoms with Crippen molar-refractivity contribution in [2.24, 2.45) is 0 Å². The van der Waals surface area contributed by atoms with E-state index in [1.165, 1.54) is 0 Å². The summed E-state index contributed by atoms with van der Waals surface area (Å²) in [7, 11) is 0. The predicted molar refractivity (Wildman–Crippen MR) is 57.2 cm³/mol. The van der Waals surface area contributed by atoms with Crippen LogP contribution < -0.4 is 5.73 Å². The number of rotatable bonds is 2. The highest BCUT2D eigenvalue weighted by molar-refractivity contribution is 5.30. The average molecular weight is 203 g/mol. The molecule has 5 nitrogen and oxygen atoms in total. The number of hydrogen-bond donors (Lipinski definition) is 1. The van der Waals surface area contributed by atoms with Crippen LogP contribution in [0.15, 0.2) is 18.3 Å². The quantitative estimate of drug-likeness (QED) is 0.788. The van der Waals surface area contributed by atoms with Crippen LogP contribution in [0.5, 0.6) is 0 Å². The topological polar surface area (TPSA) is 69.6 Å². The zero-order valence-corrected chi connectivity index (χ0v) is 8.81. The molecule has 2 aromatic rings. The Hall–Kier alpha value is -1.91. The van der Waals surface area contributed by atoms with Gasteiger partial charge in [0.15, 0.2) is 0 Å². The Bertz CT molecular complexity index is 474. The molecule has 0 amide bonds. The average Bonchev–Trinajstić information content (AvgIpc) is 2.45. The summed E-state index contributed by atoms with van der Waals surface area (Å²) in [4.78, 5) is 8.33. The van der Waals surface area contributed by atoms with Gasteiger partial charge in [-0.2, -0.15) is 5.10 Å². The van der Waals surface area contributed by atoms with Gasteiger partial charge in [-0.1, -0.05) is 0 Å². The van der Waals surface area contributed by atoms with Gasteiger partial charge in [-0.25, -0.2) is 14.6 Å². The molecule has 0 radical (unpaired) electrons. The maximum atomic E-state index is 5.78. The minimum Gasteiger partial charge on any atom is -0.384 e. The highest BCUT2D eigenvalue weighted by Crippen LogP contribution is 2.07. The molecule has 0 bridgehead atoms. The standard InChI is InChI=1S/C10H13N5/c1-7-5-10(11)15(14-7)6-9-3-4-12-8(2)13-9/h3-5H,6,11H2,1-2H3. The van der Waals surface area contributed by atoms with Crippen molar-refractivity contribution in [2.45, 2.75) is 20.4 Å². The first-order valence-electron chi connectivity index (χ1n) is 4.73. The van der Waals surface area contributed by atoms with Gasteiger partial charge in [-0.15, -0.1) is 0 Å². The van der Waals surface area contributed by atoms with Crippen LogP contribution in [-0.4, -0.2) is 19.7 Å². The molecule has 0 unspecified atom stereocenters. The van der Waals surface area contributed by atoms with Crippen LogP contribution in [0, 0.1) is 13.8 Å². The maximum absolute atomic E-state index is 5.78. The molecule has 15 heavy (non-hydrogen) atoms. The van der Waals surface area contributed by atoms with Crippen molar-refractivity contribution in [3.63, 3.8) is 0 Å². The van der Waals surface area contributed by atoms with E-state index in [0.717, 1.165) is 17.2 Å². The fraction of sp³-hybridized carbons (Fsp3) is 0.300. The third-order valence-corrected chi connectivity index (χ3v) is 2.08. The molecule has 0 saturated carbocycles. The summed E-state index contributed by atoms with van der Waals surface area (Å²) in [5.74, 6) is 1.42. The van der Waals surface area contributed by atoms with E-state index in [9.17, 15) is 0 Å². The van der Waals surface area contributed by atoms with Gasteiger partial charge in [-0.3, -0.25) is 0 Å². The van der Waals surface area contributed by atoms with E-state index in [1.807, 2.05) is 26.0 Å². The number of aromatic nitrogens is 4. The van der Waals surface area contributed by atoms with E-state index < -0.39 is 0 Å². The third kappa shape index (κ3) is 2.12. The summed E-state index contributed by atoms with van der Waals surface area (Å²) in [5, 5.41) is 4.27. The van der Waals surface area contributed by atoms with Gasteiger partial charge in [0.05, 0.1) is 17.9 Å². The molecule has 0 atom stereocenters. The highest BCUT2D eigenvalue weighted by Gasteiger charge is 2.03. The molecule has 2 heterocycles. The van der Waals surface area contributed by atoms with Crippen LogP contribution in [0.3, 0.4) is 0 Å². The molecule has 0 aliphatic heterocycles. The van der Waals surface area contributed by atoms with Crippen LogP contribution in [0.2, 0.25) is 0 Å². The van der Waals surface area contributed by atoms with Gasteiger partial charge >= 0.3 is 0 Å². The molecule has 0 spiro atoms. The summed E-state index contributed by atoms with van der Waals surface area (Å²) in [5.41, 5.74) is 7.61. The molecule has 5 heteroatoms. The van der Waals surface area contributed by atoms with E-state index in [0.29, 0.717) is 12.4 Å². The minimum atomic E-state index is 0.586.